The van der Waals surface area contributed by atoms with Crippen molar-refractivity contribution in [3.8, 4) is 5.75 Å². The second-order valence-electron chi connectivity index (χ2n) is 5.21. The van der Waals surface area contributed by atoms with Gasteiger partial charge in [0.1, 0.15) is 5.75 Å². The number of nitrogens with one attached hydrogen (secondary N) is 1. The number of ether oxygens (including phenoxy) is 1. The van der Waals surface area contributed by atoms with E-state index in [9.17, 15) is 4.79 Å². The highest BCUT2D eigenvalue weighted by Gasteiger charge is 2.17. The molecule has 1 atom stereocenters. The SMILES string of the molecule is CC[C@@H](Oc1ccccc1)C(=O)NCCCc1ccccc1. The van der Waals surface area contributed by atoms with Gasteiger partial charge in [-0.15, -0.1) is 0 Å². The van der Waals surface area contributed by atoms with Crippen molar-refractivity contribution in [2.24, 2.45) is 0 Å². The Balaban J connectivity index is 1.73. The Bertz CT molecular complexity index is 554. The van der Waals surface area contributed by atoms with Crippen molar-refractivity contribution in [1.29, 1.82) is 0 Å². The van der Waals surface area contributed by atoms with Crippen molar-refractivity contribution in [2.75, 3.05) is 6.54 Å². The van der Waals surface area contributed by atoms with E-state index in [0.717, 1.165) is 18.6 Å². The topological polar surface area (TPSA) is 38.3 Å². The first-order chi connectivity index (χ1) is 10.8. The molecule has 2 aromatic rings. The summed E-state index contributed by atoms with van der Waals surface area (Å²) in [5, 5.41) is 2.96. The number of hydrogen-bond donors (Lipinski definition) is 1. The van der Waals surface area contributed by atoms with Gasteiger partial charge in [0.2, 0.25) is 0 Å². The van der Waals surface area contributed by atoms with Gasteiger partial charge in [0.05, 0.1) is 0 Å². The molecule has 3 heteroatoms. The van der Waals surface area contributed by atoms with E-state index in [-0.39, 0.29) is 5.91 Å². The highest BCUT2D eigenvalue weighted by Crippen LogP contribution is 2.12. The van der Waals surface area contributed by atoms with Crippen LogP contribution in [0, 0.1) is 0 Å². The Morgan fingerprint density at radius 2 is 1.68 bits per heavy atom. The lowest BCUT2D eigenvalue weighted by Crippen LogP contribution is -2.38. The number of benzene rings is 2. The van der Waals surface area contributed by atoms with Crippen molar-refractivity contribution in [3.05, 3.63) is 66.2 Å². The maximum absolute atomic E-state index is 12.2. The zero-order valence-corrected chi connectivity index (χ0v) is 13.0. The molecular formula is C19H23NO2. The maximum atomic E-state index is 12.2. The van der Waals surface area contributed by atoms with E-state index in [1.165, 1.54) is 5.56 Å². The van der Waals surface area contributed by atoms with Crippen LogP contribution in [-0.2, 0) is 11.2 Å². The molecule has 0 spiro atoms. The smallest absolute Gasteiger partial charge is 0.261 e. The Kier molecular flexibility index (Phi) is 6.49. The monoisotopic (exact) mass is 297 g/mol. The van der Waals surface area contributed by atoms with Gasteiger partial charge in [-0.2, -0.15) is 0 Å². The first kappa shape index (κ1) is 16.1. The molecular weight excluding hydrogens is 274 g/mol. The van der Waals surface area contributed by atoms with Crippen LogP contribution in [0.3, 0.4) is 0 Å². The van der Waals surface area contributed by atoms with Gasteiger partial charge in [-0.05, 0) is 37.0 Å². The van der Waals surface area contributed by atoms with Crippen LogP contribution in [-0.4, -0.2) is 18.6 Å². The molecule has 2 rings (SSSR count). The average Bonchev–Trinajstić information content (AvgIpc) is 2.58. The summed E-state index contributed by atoms with van der Waals surface area (Å²) in [6.07, 6.45) is 2.12. The Morgan fingerprint density at radius 1 is 1.05 bits per heavy atom. The van der Waals surface area contributed by atoms with Gasteiger partial charge in [0, 0.05) is 6.54 Å². The predicted molar refractivity (Wildman–Crippen MR) is 88.9 cm³/mol. The van der Waals surface area contributed by atoms with Crippen LogP contribution in [0.25, 0.3) is 0 Å². The summed E-state index contributed by atoms with van der Waals surface area (Å²) in [4.78, 5) is 12.2. The Morgan fingerprint density at radius 3 is 2.32 bits per heavy atom. The third-order valence-corrected chi connectivity index (χ3v) is 3.47. The van der Waals surface area contributed by atoms with Gasteiger partial charge < -0.3 is 10.1 Å². The van der Waals surface area contributed by atoms with E-state index in [1.54, 1.807) is 0 Å². The van der Waals surface area contributed by atoms with Crippen molar-refractivity contribution >= 4 is 5.91 Å². The van der Waals surface area contributed by atoms with Crippen LogP contribution in [0.1, 0.15) is 25.3 Å². The molecule has 0 aliphatic heterocycles. The maximum Gasteiger partial charge on any atom is 0.261 e. The fourth-order valence-corrected chi connectivity index (χ4v) is 2.25. The molecule has 22 heavy (non-hydrogen) atoms. The number of carbonyl (C=O) groups excluding carboxylic acids is 1. The second-order valence-corrected chi connectivity index (χ2v) is 5.21. The first-order valence-electron chi connectivity index (χ1n) is 7.83. The summed E-state index contributed by atoms with van der Waals surface area (Å²) in [5.74, 6) is 0.688. The lowest BCUT2D eigenvalue weighted by Gasteiger charge is -2.17. The molecule has 0 heterocycles. The molecule has 0 aromatic heterocycles. The summed E-state index contributed by atoms with van der Waals surface area (Å²) in [7, 11) is 0. The van der Waals surface area contributed by atoms with Gasteiger partial charge >= 0.3 is 0 Å². The predicted octanol–water partition coefficient (Wildman–Crippen LogP) is 3.59. The lowest BCUT2D eigenvalue weighted by atomic mass is 10.1. The van der Waals surface area contributed by atoms with Gasteiger partial charge in [-0.3, -0.25) is 4.79 Å². The van der Waals surface area contributed by atoms with Gasteiger partial charge in [-0.25, -0.2) is 0 Å². The minimum Gasteiger partial charge on any atom is -0.481 e. The Hall–Kier alpha value is -2.29. The van der Waals surface area contributed by atoms with Crippen molar-refractivity contribution < 1.29 is 9.53 Å². The fourth-order valence-electron chi connectivity index (χ4n) is 2.25. The normalized spacial score (nSPS) is 11.7. The van der Waals surface area contributed by atoms with Crippen LogP contribution in [0.15, 0.2) is 60.7 Å². The number of hydrogen-bond acceptors (Lipinski definition) is 2. The van der Waals surface area contributed by atoms with Crippen LogP contribution in [0.2, 0.25) is 0 Å². The van der Waals surface area contributed by atoms with Crippen LogP contribution < -0.4 is 10.1 Å². The molecule has 3 nitrogen and oxygen atoms in total. The zero-order chi connectivity index (χ0) is 15.6. The van der Waals surface area contributed by atoms with E-state index in [2.05, 4.69) is 17.4 Å². The quantitative estimate of drug-likeness (QED) is 0.756. The molecule has 1 amide bonds. The third kappa shape index (κ3) is 5.24. The highest BCUT2D eigenvalue weighted by molar-refractivity contribution is 5.81. The summed E-state index contributed by atoms with van der Waals surface area (Å²) in [6.45, 7) is 2.62. The number of carbonyl (C=O) groups is 1. The molecule has 0 aliphatic rings. The third-order valence-electron chi connectivity index (χ3n) is 3.47. The van der Waals surface area contributed by atoms with Crippen molar-refractivity contribution in [1.82, 2.24) is 5.32 Å². The summed E-state index contributed by atoms with van der Waals surface area (Å²) >= 11 is 0. The molecule has 1 N–H and O–H groups in total. The minimum atomic E-state index is -0.431. The molecule has 0 aliphatic carbocycles. The molecule has 0 saturated carbocycles. The van der Waals surface area contributed by atoms with Crippen LogP contribution in [0.4, 0.5) is 0 Å². The summed E-state index contributed by atoms with van der Waals surface area (Å²) in [5.41, 5.74) is 1.30. The minimum absolute atomic E-state index is 0.0422. The van der Waals surface area contributed by atoms with Gasteiger partial charge in [0.15, 0.2) is 6.10 Å². The fraction of sp³-hybridized carbons (Fsp3) is 0.316. The zero-order valence-electron chi connectivity index (χ0n) is 13.0. The van der Waals surface area contributed by atoms with Crippen LogP contribution >= 0.6 is 0 Å². The largest absolute Gasteiger partial charge is 0.481 e. The molecule has 0 fully saturated rings. The molecule has 0 unspecified atom stereocenters. The number of para-hydroxylation sites is 1. The number of rotatable bonds is 8. The first-order valence-corrected chi connectivity index (χ1v) is 7.83. The summed E-state index contributed by atoms with van der Waals surface area (Å²) < 4.78 is 5.73. The standard InChI is InChI=1S/C19H23NO2/c1-2-18(22-17-13-7-4-8-14-17)19(21)20-15-9-12-16-10-5-3-6-11-16/h3-8,10-11,13-14,18H,2,9,12,15H2,1H3,(H,20,21)/t18-/m1/s1. The van der Waals surface area contributed by atoms with E-state index in [4.69, 9.17) is 4.74 Å². The molecule has 2 aromatic carbocycles. The Labute approximate surface area is 132 Å². The summed E-state index contributed by atoms with van der Waals surface area (Å²) in [6, 6.07) is 19.8. The molecule has 0 bridgehead atoms. The lowest BCUT2D eigenvalue weighted by molar-refractivity contribution is -0.128. The number of aryl methyl sites for hydroxylation is 1. The van der Waals surface area contributed by atoms with E-state index < -0.39 is 6.10 Å². The molecule has 0 saturated heterocycles. The second kappa shape index (κ2) is 8.88. The van der Waals surface area contributed by atoms with Crippen molar-refractivity contribution in [3.63, 3.8) is 0 Å². The van der Waals surface area contributed by atoms with Gasteiger partial charge in [-0.1, -0.05) is 55.5 Å². The molecule has 0 radical (unpaired) electrons. The number of amides is 1. The van der Waals surface area contributed by atoms with E-state index in [0.29, 0.717) is 13.0 Å². The van der Waals surface area contributed by atoms with Gasteiger partial charge in [0.25, 0.3) is 5.91 Å². The van der Waals surface area contributed by atoms with E-state index in [1.807, 2.05) is 55.5 Å². The molecule has 116 valence electrons. The van der Waals surface area contributed by atoms with Crippen molar-refractivity contribution in [2.45, 2.75) is 32.3 Å². The average molecular weight is 297 g/mol. The van der Waals surface area contributed by atoms with E-state index >= 15 is 0 Å². The van der Waals surface area contributed by atoms with Crippen LogP contribution in [0.5, 0.6) is 5.75 Å². The highest BCUT2D eigenvalue weighted by atomic mass is 16.5.